The number of fused-ring (bicyclic) bond motifs is 1. The Kier molecular flexibility index (Phi) is 1.84. The molecule has 0 spiro atoms. The number of anilines is 1. The molecule has 2 rings (SSSR count). The molecular weight excluding hydrogens is 188 g/mol. The number of imidazole rings is 1. The molecular formula is C8H9ClN4. The highest BCUT2D eigenvalue weighted by Crippen LogP contribution is 2.20. The van der Waals surface area contributed by atoms with Crippen LogP contribution < -0.4 is 4.90 Å². The lowest BCUT2D eigenvalue weighted by Gasteiger charge is -2.12. The Morgan fingerprint density at radius 3 is 2.92 bits per heavy atom. The highest BCUT2D eigenvalue weighted by Gasteiger charge is 2.06. The van der Waals surface area contributed by atoms with Crippen LogP contribution in [-0.4, -0.2) is 28.7 Å². The first-order valence-electron chi connectivity index (χ1n) is 3.85. The van der Waals surface area contributed by atoms with E-state index >= 15 is 0 Å². The van der Waals surface area contributed by atoms with Crippen LogP contribution in [0.2, 0.25) is 5.15 Å². The van der Waals surface area contributed by atoms with E-state index in [-0.39, 0.29) is 0 Å². The van der Waals surface area contributed by atoms with Crippen molar-refractivity contribution in [2.24, 2.45) is 0 Å². The average molecular weight is 197 g/mol. The molecule has 0 atom stereocenters. The third-order valence-corrected chi connectivity index (χ3v) is 1.98. The molecule has 0 unspecified atom stereocenters. The summed E-state index contributed by atoms with van der Waals surface area (Å²) in [6.07, 6.45) is 3.47. The van der Waals surface area contributed by atoms with Crippen LogP contribution >= 0.6 is 11.6 Å². The molecule has 0 radical (unpaired) electrons. The Morgan fingerprint density at radius 1 is 1.46 bits per heavy atom. The minimum Gasteiger partial charge on any atom is -0.375 e. The summed E-state index contributed by atoms with van der Waals surface area (Å²) in [5.41, 5.74) is 1.78. The van der Waals surface area contributed by atoms with Crippen LogP contribution in [0.25, 0.3) is 5.65 Å². The maximum atomic E-state index is 5.84. The largest absolute Gasteiger partial charge is 0.375 e. The molecule has 0 aliphatic rings. The third kappa shape index (κ3) is 1.33. The van der Waals surface area contributed by atoms with Gasteiger partial charge in [-0.2, -0.15) is 5.10 Å². The SMILES string of the molecule is CN(C)c1cc(Cl)nn2ccnc12. The van der Waals surface area contributed by atoms with E-state index in [9.17, 15) is 0 Å². The van der Waals surface area contributed by atoms with Gasteiger partial charge in [0.1, 0.15) is 0 Å². The van der Waals surface area contributed by atoms with E-state index < -0.39 is 0 Å². The number of nitrogens with zero attached hydrogens (tertiary/aromatic N) is 4. The second-order valence-electron chi connectivity index (χ2n) is 2.94. The van der Waals surface area contributed by atoms with Crippen LogP contribution in [0.1, 0.15) is 0 Å². The number of hydrogen-bond acceptors (Lipinski definition) is 3. The first-order valence-corrected chi connectivity index (χ1v) is 4.23. The van der Waals surface area contributed by atoms with Crippen LogP contribution in [0, 0.1) is 0 Å². The summed E-state index contributed by atoms with van der Waals surface area (Å²) in [6, 6.07) is 1.80. The zero-order valence-corrected chi connectivity index (χ0v) is 8.15. The second kappa shape index (κ2) is 2.88. The van der Waals surface area contributed by atoms with Gasteiger partial charge in [0.2, 0.25) is 0 Å². The zero-order valence-electron chi connectivity index (χ0n) is 7.40. The van der Waals surface area contributed by atoms with Crippen LogP contribution in [0.15, 0.2) is 18.5 Å². The Hall–Kier alpha value is -1.29. The van der Waals surface area contributed by atoms with Crippen LogP contribution in [0.4, 0.5) is 5.69 Å². The number of aromatic nitrogens is 3. The number of halogens is 1. The summed E-state index contributed by atoms with van der Waals surface area (Å²) in [5.74, 6) is 0. The lowest BCUT2D eigenvalue weighted by atomic mass is 10.4. The molecule has 2 aromatic heterocycles. The van der Waals surface area contributed by atoms with E-state index in [0.717, 1.165) is 11.3 Å². The van der Waals surface area contributed by atoms with Gasteiger partial charge in [-0.25, -0.2) is 9.50 Å². The van der Waals surface area contributed by atoms with E-state index in [1.165, 1.54) is 0 Å². The van der Waals surface area contributed by atoms with Gasteiger partial charge in [-0.15, -0.1) is 0 Å². The molecule has 0 saturated carbocycles. The molecule has 0 fully saturated rings. The zero-order chi connectivity index (χ0) is 9.42. The summed E-state index contributed by atoms with van der Waals surface area (Å²) in [6.45, 7) is 0. The van der Waals surface area contributed by atoms with Gasteiger partial charge in [-0.3, -0.25) is 0 Å². The highest BCUT2D eigenvalue weighted by molar-refractivity contribution is 6.29. The van der Waals surface area contributed by atoms with E-state index in [4.69, 9.17) is 11.6 Å². The first kappa shape index (κ1) is 8.31. The van der Waals surface area contributed by atoms with Crippen molar-refractivity contribution in [3.63, 3.8) is 0 Å². The van der Waals surface area contributed by atoms with E-state index in [2.05, 4.69) is 10.1 Å². The van der Waals surface area contributed by atoms with E-state index in [1.807, 2.05) is 19.0 Å². The van der Waals surface area contributed by atoms with E-state index in [1.54, 1.807) is 23.0 Å². The van der Waals surface area contributed by atoms with Crippen LogP contribution in [0.5, 0.6) is 0 Å². The molecule has 2 aromatic rings. The molecule has 0 bridgehead atoms. The monoisotopic (exact) mass is 196 g/mol. The maximum Gasteiger partial charge on any atom is 0.177 e. The molecule has 0 aliphatic carbocycles. The fourth-order valence-electron chi connectivity index (χ4n) is 1.20. The topological polar surface area (TPSA) is 33.4 Å². The highest BCUT2D eigenvalue weighted by atomic mass is 35.5. The Morgan fingerprint density at radius 2 is 2.23 bits per heavy atom. The van der Waals surface area contributed by atoms with E-state index in [0.29, 0.717) is 5.15 Å². The Bertz CT molecular complexity index is 435. The normalized spacial score (nSPS) is 10.7. The van der Waals surface area contributed by atoms with Crippen molar-refractivity contribution < 1.29 is 0 Å². The standard InChI is InChI=1S/C8H9ClN4/c1-12(2)6-5-7(9)11-13-4-3-10-8(6)13/h3-5H,1-2H3. The predicted molar refractivity (Wildman–Crippen MR) is 52.3 cm³/mol. The van der Waals surface area contributed by atoms with Crippen molar-refractivity contribution in [2.45, 2.75) is 0 Å². The molecule has 13 heavy (non-hydrogen) atoms. The van der Waals surface area contributed by atoms with Crippen molar-refractivity contribution in [2.75, 3.05) is 19.0 Å². The summed E-state index contributed by atoms with van der Waals surface area (Å²) < 4.78 is 1.66. The quantitative estimate of drug-likeness (QED) is 0.692. The molecule has 0 saturated heterocycles. The third-order valence-electron chi connectivity index (χ3n) is 1.79. The van der Waals surface area contributed by atoms with Crippen molar-refractivity contribution >= 4 is 22.9 Å². The summed E-state index contributed by atoms with van der Waals surface area (Å²) >= 11 is 5.84. The fraction of sp³-hybridized carbons (Fsp3) is 0.250. The lowest BCUT2D eigenvalue weighted by molar-refractivity contribution is 0.927. The van der Waals surface area contributed by atoms with Gasteiger partial charge in [0.25, 0.3) is 0 Å². The van der Waals surface area contributed by atoms with Gasteiger partial charge in [0, 0.05) is 32.6 Å². The summed E-state index contributed by atoms with van der Waals surface area (Å²) in [7, 11) is 3.89. The van der Waals surface area contributed by atoms with Crippen molar-refractivity contribution in [3.05, 3.63) is 23.6 Å². The molecule has 5 heteroatoms. The number of hydrogen-bond donors (Lipinski definition) is 0. The minimum atomic E-state index is 0.467. The van der Waals surface area contributed by atoms with Gasteiger partial charge in [0.05, 0.1) is 5.69 Å². The van der Waals surface area contributed by atoms with Gasteiger partial charge >= 0.3 is 0 Å². The lowest BCUT2D eigenvalue weighted by Crippen LogP contribution is -2.11. The summed E-state index contributed by atoms with van der Waals surface area (Å²) in [5, 5.41) is 4.54. The Balaban J connectivity index is 2.77. The maximum absolute atomic E-state index is 5.84. The molecule has 0 N–H and O–H groups in total. The van der Waals surface area contributed by atoms with Crippen molar-refractivity contribution in [1.29, 1.82) is 0 Å². The van der Waals surface area contributed by atoms with Gasteiger partial charge in [-0.1, -0.05) is 11.6 Å². The minimum absolute atomic E-state index is 0.467. The predicted octanol–water partition coefficient (Wildman–Crippen LogP) is 1.45. The molecule has 68 valence electrons. The summed E-state index contributed by atoms with van der Waals surface area (Å²) in [4.78, 5) is 6.14. The van der Waals surface area contributed by atoms with Gasteiger partial charge in [0.15, 0.2) is 10.8 Å². The van der Waals surface area contributed by atoms with Crippen molar-refractivity contribution in [3.8, 4) is 0 Å². The molecule has 0 aliphatic heterocycles. The van der Waals surface area contributed by atoms with Crippen LogP contribution in [-0.2, 0) is 0 Å². The second-order valence-corrected chi connectivity index (χ2v) is 3.33. The van der Waals surface area contributed by atoms with Gasteiger partial charge in [-0.05, 0) is 0 Å². The molecule has 2 heterocycles. The smallest absolute Gasteiger partial charge is 0.177 e. The molecule has 4 nitrogen and oxygen atoms in total. The van der Waals surface area contributed by atoms with Gasteiger partial charge < -0.3 is 4.90 Å². The Labute approximate surface area is 80.8 Å². The fourth-order valence-corrected chi connectivity index (χ4v) is 1.38. The van der Waals surface area contributed by atoms with Crippen molar-refractivity contribution in [1.82, 2.24) is 14.6 Å². The first-order chi connectivity index (χ1) is 6.18. The average Bonchev–Trinajstić information content (AvgIpc) is 2.49. The van der Waals surface area contributed by atoms with Crippen LogP contribution in [0.3, 0.4) is 0 Å². The molecule has 0 aromatic carbocycles. The molecule has 0 amide bonds. The number of rotatable bonds is 1.